The van der Waals surface area contributed by atoms with Gasteiger partial charge in [-0.25, -0.2) is 14.5 Å². The van der Waals surface area contributed by atoms with Gasteiger partial charge in [-0.2, -0.15) is 5.10 Å². The van der Waals surface area contributed by atoms with Crippen molar-refractivity contribution >= 4 is 27.6 Å². The van der Waals surface area contributed by atoms with Crippen molar-refractivity contribution in [1.82, 2.24) is 19.7 Å². The summed E-state index contributed by atoms with van der Waals surface area (Å²) in [5.74, 6) is -0.365. The average Bonchev–Trinajstić information content (AvgIpc) is 3.10. The summed E-state index contributed by atoms with van der Waals surface area (Å²) in [5, 5.41) is 6.80. The molecule has 0 unspecified atom stereocenters. The molecule has 0 aliphatic carbocycles. The SMILES string of the molecule is O=C(Nc1ccc(OC(F)(F)F)cc1Br)N1CCC(n2cncn2)CC1. The van der Waals surface area contributed by atoms with E-state index < -0.39 is 6.36 Å². The Morgan fingerprint density at radius 2 is 2.04 bits per heavy atom. The second-order valence-electron chi connectivity index (χ2n) is 5.71. The molecule has 3 rings (SSSR count). The Morgan fingerprint density at radius 1 is 1.31 bits per heavy atom. The second kappa shape index (κ2) is 7.52. The fourth-order valence-corrected chi connectivity index (χ4v) is 3.18. The van der Waals surface area contributed by atoms with Crippen LogP contribution in [0.3, 0.4) is 0 Å². The third-order valence-electron chi connectivity index (χ3n) is 3.98. The first-order chi connectivity index (χ1) is 12.3. The van der Waals surface area contributed by atoms with Gasteiger partial charge in [-0.3, -0.25) is 0 Å². The van der Waals surface area contributed by atoms with Crippen LogP contribution in [-0.4, -0.2) is 45.1 Å². The molecule has 1 fully saturated rings. The summed E-state index contributed by atoms with van der Waals surface area (Å²) >= 11 is 3.14. The quantitative estimate of drug-likeness (QED) is 0.798. The Labute approximate surface area is 155 Å². The number of carbonyl (C=O) groups excluding carboxylic acids is 1. The fourth-order valence-electron chi connectivity index (χ4n) is 2.73. The highest BCUT2D eigenvalue weighted by atomic mass is 79.9. The number of aromatic nitrogens is 3. The van der Waals surface area contributed by atoms with Crippen LogP contribution in [0.4, 0.5) is 23.7 Å². The van der Waals surface area contributed by atoms with Gasteiger partial charge in [0.1, 0.15) is 18.4 Å². The number of likely N-dealkylation sites (tertiary alicyclic amines) is 1. The number of carbonyl (C=O) groups is 1. The number of urea groups is 1. The number of ether oxygens (including phenoxy) is 1. The zero-order valence-electron chi connectivity index (χ0n) is 13.4. The van der Waals surface area contributed by atoms with Crippen LogP contribution in [0.15, 0.2) is 35.3 Å². The molecule has 2 amide bonds. The second-order valence-corrected chi connectivity index (χ2v) is 6.57. The highest BCUT2D eigenvalue weighted by Gasteiger charge is 2.31. The summed E-state index contributed by atoms with van der Waals surface area (Å²) < 4.78 is 42.6. The molecular weight excluding hydrogens is 419 g/mol. The summed E-state index contributed by atoms with van der Waals surface area (Å²) in [4.78, 5) is 17.9. The molecule has 1 saturated heterocycles. The molecule has 1 aliphatic rings. The lowest BCUT2D eigenvalue weighted by Crippen LogP contribution is -2.41. The third-order valence-corrected chi connectivity index (χ3v) is 4.63. The topological polar surface area (TPSA) is 72.3 Å². The van der Waals surface area contributed by atoms with E-state index in [0.29, 0.717) is 23.2 Å². The predicted octanol–water partition coefficient (Wildman–Crippen LogP) is 3.81. The fraction of sp³-hybridized carbons (Fsp3) is 0.400. The number of amides is 2. The molecule has 11 heteroatoms. The molecule has 7 nitrogen and oxygen atoms in total. The molecule has 0 spiro atoms. The van der Waals surface area contributed by atoms with Crippen molar-refractivity contribution in [2.75, 3.05) is 18.4 Å². The number of rotatable bonds is 3. The van der Waals surface area contributed by atoms with E-state index in [-0.39, 0.29) is 17.8 Å². The summed E-state index contributed by atoms with van der Waals surface area (Å²) in [6, 6.07) is 3.54. The highest BCUT2D eigenvalue weighted by molar-refractivity contribution is 9.10. The lowest BCUT2D eigenvalue weighted by molar-refractivity contribution is -0.274. The monoisotopic (exact) mass is 433 g/mol. The molecule has 1 aliphatic heterocycles. The average molecular weight is 434 g/mol. The van der Waals surface area contributed by atoms with Gasteiger partial charge < -0.3 is 15.0 Å². The van der Waals surface area contributed by atoms with E-state index in [1.165, 1.54) is 12.4 Å². The van der Waals surface area contributed by atoms with Crippen molar-refractivity contribution < 1.29 is 22.7 Å². The van der Waals surface area contributed by atoms with Gasteiger partial charge >= 0.3 is 12.4 Å². The molecule has 0 radical (unpaired) electrons. The first-order valence-electron chi connectivity index (χ1n) is 7.77. The first kappa shape index (κ1) is 18.5. The van der Waals surface area contributed by atoms with Crippen LogP contribution in [0.1, 0.15) is 18.9 Å². The minimum atomic E-state index is -4.77. The maximum atomic E-state index is 12.4. The number of halogens is 4. The van der Waals surface area contributed by atoms with Crippen LogP contribution < -0.4 is 10.1 Å². The lowest BCUT2D eigenvalue weighted by Gasteiger charge is -2.32. The molecule has 0 atom stereocenters. The number of hydrogen-bond acceptors (Lipinski definition) is 4. The zero-order valence-corrected chi connectivity index (χ0v) is 15.0. The molecule has 1 aromatic carbocycles. The van der Waals surface area contributed by atoms with Crippen LogP contribution in [0.5, 0.6) is 5.75 Å². The summed E-state index contributed by atoms with van der Waals surface area (Å²) in [7, 11) is 0. The van der Waals surface area contributed by atoms with Gasteiger partial charge in [0.05, 0.1) is 11.7 Å². The molecule has 1 N–H and O–H groups in total. The molecule has 1 aromatic heterocycles. The standard InChI is InChI=1S/C15H15BrF3N5O2/c16-12-7-11(26-15(17,18)19)1-2-13(12)22-14(25)23-5-3-10(4-6-23)24-9-20-8-21-24/h1-2,7-10H,3-6H2,(H,22,25). The van der Waals surface area contributed by atoms with Gasteiger partial charge in [0, 0.05) is 17.6 Å². The van der Waals surface area contributed by atoms with Crippen molar-refractivity contribution in [2.45, 2.75) is 25.2 Å². The number of anilines is 1. The van der Waals surface area contributed by atoms with Crippen molar-refractivity contribution in [3.05, 3.63) is 35.3 Å². The summed E-state index contributed by atoms with van der Waals surface area (Å²) in [5.41, 5.74) is 0.364. The Balaban J connectivity index is 1.57. The summed E-state index contributed by atoms with van der Waals surface area (Å²) in [6.07, 6.45) is -0.143. The Bertz CT molecular complexity index is 761. The molecular formula is C15H15BrF3N5O2. The van der Waals surface area contributed by atoms with E-state index in [9.17, 15) is 18.0 Å². The third kappa shape index (κ3) is 4.65. The van der Waals surface area contributed by atoms with Gasteiger partial charge in [-0.1, -0.05) is 0 Å². The number of benzene rings is 1. The molecule has 0 saturated carbocycles. The first-order valence-corrected chi connectivity index (χ1v) is 8.56. The predicted molar refractivity (Wildman–Crippen MR) is 89.7 cm³/mol. The van der Waals surface area contributed by atoms with Crippen molar-refractivity contribution in [2.24, 2.45) is 0 Å². The van der Waals surface area contributed by atoms with Crippen molar-refractivity contribution in [3.63, 3.8) is 0 Å². The molecule has 0 bridgehead atoms. The van der Waals surface area contributed by atoms with E-state index in [1.807, 2.05) is 0 Å². The van der Waals surface area contributed by atoms with Gasteiger partial charge in [0.25, 0.3) is 0 Å². The van der Waals surface area contributed by atoms with Crippen LogP contribution in [0, 0.1) is 0 Å². The number of alkyl halides is 3. The van der Waals surface area contributed by atoms with Crippen LogP contribution in [0.2, 0.25) is 0 Å². The van der Waals surface area contributed by atoms with Gasteiger partial charge in [0.2, 0.25) is 0 Å². The molecule has 2 aromatic rings. The van der Waals surface area contributed by atoms with Gasteiger partial charge in [0.15, 0.2) is 0 Å². The molecule has 140 valence electrons. The maximum absolute atomic E-state index is 12.4. The van der Waals surface area contributed by atoms with Crippen molar-refractivity contribution in [1.29, 1.82) is 0 Å². The molecule has 2 heterocycles. The van der Waals surface area contributed by atoms with Crippen LogP contribution in [-0.2, 0) is 0 Å². The number of hydrogen-bond donors (Lipinski definition) is 1. The summed E-state index contributed by atoms with van der Waals surface area (Å²) in [6.45, 7) is 1.09. The minimum Gasteiger partial charge on any atom is -0.406 e. The van der Waals surface area contributed by atoms with Crippen LogP contribution >= 0.6 is 15.9 Å². The van der Waals surface area contributed by atoms with E-state index >= 15 is 0 Å². The zero-order chi connectivity index (χ0) is 18.7. The number of nitrogens with zero attached hydrogens (tertiary/aromatic N) is 4. The van der Waals surface area contributed by atoms with E-state index in [1.54, 1.807) is 15.9 Å². The Morgan fingerprint density at radius 3 is 2.62 bits per heavy atom. The van der Waals surface area contributed by atoms with E-state index in [4.69, 9.17) is 0 Å². The highest BCUT2D eigenvalue weighted by Crippen LogP contribution is 2.31. The lowest BCUT2D eigenvalue weighted by atomic mass is 10.1. The Hall–Kier alpha value is -2.30. The van der Waals surface area contributed by atoms with E-state index in [0.717, 1.165) is 25.0 Å². The number of nitrogens with one attached hydrogen (secondary N) is 1. The maximum Gasteiger partial charge on any atom is 0.573 e. The minimum absolute atomic E-state index is 0.201. The van der Waals surface area contributed by atoms with Gasteiger partial charge in [-0.05, 0) is 47.0 Å². The largest absolute Gasteiger partial charge is 0.573 e. The number of piperidine rings is 1. The Kier molecular flexibility index (Phi) is 5.35. The molecule has 26 heavy (non-hydrogen) atoms. The van der Waals surface area contributed by atoms with E-state index in [2.05, 4.69) is 36.1 Å². The smallest absolute Gasteiger partial charge is 0.406 e. The van der Waals surface area contributed by atoms with Crippen LogP contribution in [0.25, 0.3) is 0 Å². The van der Waals surface area contributed by atoms with Crippen molar-refractivity contribution in [3.8, 4) is 5.75 Å². The van der Waals surface area contributed by atoms with Gasteiger partial charge in [-0.15, -0.1) is 13.2 Å². The normalized spacial score (nSPS) is 15.8.